The molecule has 1 saturated carbocycles. The van der Waals surface area contributed by atoms with Gasteiger partial charge in [0, 0.05) is 90.2 Å². The molecular weight excluding hydrogens is 713 g/mol. The molecule has 4 aromatic carbocycles. The molecule has 1 N–H and O–H groups in total. The first-order valence-electron chi connectivity index (χ1n) is 18.0. The van der Waals surface area contributed by atoms with Gasteiger partial charge in [-0.25, -0.2) is 0 Å². The number of benzene rings is 4. The van der Waals surface area contributed by atoms with Gasteiger partial charge in [0.25, 0.3) is 0 Å². The van der Waals surface area contributed by atoms with Crippen molar-refractivity contribution in [3.63, 3.8) is 0 Å². The Morgan fingerprint density at radius 3 is 1.79 bits per heavy atom. The Labute approximate surface area is 319 Å². The number of nitrogens with one attached hydrogen (secondary N) is 1. The van der Waals surface area contributed by atoms with Crippen LogP contribution in [0.4, 0.5) is 17.1 Å². The zero-order valence-corrected chi connectivity index (χ0v) is 32.1. The zero-order valence-electron chi connectivity index (χ0n) is 30.6. The van der Waals surface area contributed by atoms with Crippen LogP contribution in [0.3, 0.4) is 0 Å². The van der Waals surface area contributed by atoms with Crippen LogP contribution < -0.4 is 24.6 Å². The third-order valence-corrected chi connectivity index (χ3v) is 11.9. The summed E-state index contributed by atoms with van der Waals surface area (Å²) in [4.78, 5) is 57.4. The summed E-state index contributed by atoms with van der Waals surface area (Å²) in [6.45, 7) is 13.2. The van der Waals surface area contributed by atoms with Gasteiger partial charge in [0.05, 0.1) is 16.8 Å². The van der Waals surface area contributed by atoms with Gasteiger partial charge in [-0.15, -0.1) is 23.2 Å². The lowest BCUT2D eigenvalue weighted by molar-refractivity contribution is -0.153. The first-order chi connectivity index (χ1) is 25.2. The van der Waals surface area contributed by atoms with Crippen LogP contribution >= 0.6 is 23.2 Å². The largest absolute Gasteiger partial charge is 0.426 e. The fourth-order valence-electron chi connectivity index (χ4n) is 9.07. The molecule has 0 spiro atoms. The minimum absolute atomic E-state index is 0.0654. The van der Waals surface area contributed by atoms with Crippen LogP contribution in [0, 0.1) is 10.8 Å². The van der Waals surface area contributed by atoms with Crippen LogP contribution in [0.25, 0.3) is 21.5 Å². The summed E-state index contributed by atoms with van der Waals surface area (Å²) in [5, 5.41) is 6.52. The molecule has 0 aromatic heterocycles. The number of hydrogen-bond donors (Lipinski definition) is 1. The van der Waals surface area contributed by atoms with Crippen molar-refractivity contribution in [1.82, 2.24) is 0 Å². The number of nitrogens with zero attached hydrogens (tertiary/aromatic N) is 2. The molecule has 2 unspecified atom stereocenters. The van der Waals surface area contributed by atoms with Crippen LogP contribution in [0.2, 0.25) is 0 Å². The van der Waals surface area contributed by atoms with Crippen molar-refractivity contribution < 1.29 is 28.7 Å². The number of ether oxygens (including phenoxy) is 2. The van der Waals surface area contributed by atoms with E-state index < -0.39 is 22.8 Å². The van der Waals surface area contributed by atoms with E-state index in [4.69, 9.17) is 32.7 Å². The highest BCUT2D eigenvalue weighted by Gasteiger charge is 2.62. The highest BCUT2D eigenvalue weighted by atomic mass is 35.5. The molecule has 9 nitrogen and oxygen atoms in total. The molecule has 2 aliphatic heterocycles. The van der Waals surface area contributed by atoms with E-state index in [1.165, 1.54) is 13.8 Å². The zero-order chi connectivity index (χ0) is 38.0. The number of halogens is 2. The Morgan fingerprint density at radius 1 is 0.774 bits per heavy atom. The second-order valence-electron chi connectivity index (χ2n) is 15.1. The van der Waals surface area contributed by atoms with E-state index >= 15 is 0 Å². The van der Waals surface area contributed by atoms with Gasteiger partial charge < -0.3 is 24.6 Å². The second-order valence-corrected chi connectivity index (χ2v) is 15.7. The number of carbonyl (C=O) groups excluding carboxylic acids is 4. The maximum atomic E-state index is 14.8. The number of fused-ring (bicyclic) bond motifs is 6. The number of rotatable bonds is 9. The number of amides is 2. The lowest BCUT2D eigenvalue weighted by Crippen LogP contribution is -2.60. The fourth-order valence-corrected chi connectivity index (χ4v) is 9.58. The SMILES string of the molecule is C=C(C)Nc1ccc2c(OC(C)=O)cc3c(c2c1)C(CCl)CN3C(=O)C1(C)CC(CC)(C(=O)N2CC(CCl)c3c2cc(OC(C)=O)c2ccccc32)C1. The van der Waals surface area contributed by atoms with Crippen molar-refractivity contribution in [2.45, 2.75) is 65.7 Å². The highest BCUT2D eigenvalue weighted by molar-refractivity contribution is 6.20. The fraction of sp³-hybridized carbons (Fsp3) is 0.381. The van der Waals surface area contributed by atoms with Crippen molar-refractivity contribution in [3.05, 3.63) is 78.0 Å². The van der Waals surface area contributed by atoms with Gasteiger partial charge in [-0.05, 0) is 66.3 Å². The first kappa shape index (κ1) is 36.7. The van der Waals surface area contributed by atoms with Crippen molar-refractivity contribution >= 4 is 85.6 Å². The minimum atomic E-state index is -0.842. The third kappa shape index (κ3) is 6.11. The second kappa shape index (κ2) is 13.7. The van der Waals surface area contributed by atoms with E-state index in [2.05, 4.69) is 11.9 Å². The number of allylic oxidation sites excluding steroid dienone is 1. The molecule has 11 heteroatoms. The Bertz CT molecular complexity index is 2230. The van der Waals surface area contributed by atoms with E-state index in [1.807, 2.05) is 63.2 Å². The van der Waals surface area contributed by atoms with Crippen LogP contribution in [0.1, 0.15) is 76.8 Å². The van der Waals surface area contributed by atoms with E-state index in [0.717, 1.165) is 44.1 Å². The number of anilines is 3. The Hall–Kier alpha value is -4.60. The molecule has 2 atom stereocenters. The van der Waals surface area contributed by atoms with Crippen molar-refractivity contribution in [2.75, 3.05) is 40.0 Å². The van der Waals surface area contributed by atoms with Crippen LogP contribution in [0.15, 0.2) is 66.9 Å². The smallest absolute Gasteiger partial charge is 0.308 e. The minimum Gasteiger partial charge on any atom is -0.426 e. The molecule has 276 valence electrons. The van der Waals surface area contributed by atoms with Crippen molar-refractivity contribution in [3.8, 4) is 11.5 Å². The van der Waals surface area contributed by atoms with Gasteiger partial charge in [-0.3, -0.25) is 19.2 Å². The van der Waals surface area contributed by atoms with Gasteiger partial charge >= 0.3 is 11.9 Å². The third-order valence-electron chi connectivity index (χ3n) is 11.2. The molecule has 0 saturated heterocycles. The van der Waals surface area contributed by atoms with E-state index in [0.29, 0.717) is 61.1 Å². The molecular formula is C42H43Cl2N3O6. The van der Waals surface area contributed by atoms with Gasteiger partial charge in [-0.1, -0.05) is 44.7 Å². The van der Waals surface area contributed by atoms with Gasteiger partial charge in [0.15, 0.2) is 0 Å². The summed E-state index contributed by atoms with van der Waals surface area (Å²) in [5.74, 6) is -0.0147. The monoisotopic (exact) mass is 755 g/mol. The number of alkyl halides is 2. The van der Waals surface area contributed by atoms with Gasteiger partial charge in [0.2, 0.25) is 11.8 Å². The Balaban J connectivity index is 1.23. The quantitative estimate of drug-likeness (QED) is 0.103. The van der Waals surface area contributed by atoms with Crippen molar-refractivity contribution in [1.29, 1.82) is 0 Å². The number of hydrogen-bond acceptors (Lipinski definition) is 7. The summed E-state index contributed by atoms with van der Waals surface area (Å²) < 4.78 is 11.3. The maximum absolute atomic E-state index is 14.8. The standard InChI is InChI=1S/C42H43Cl2N3O6/c1-7-42(40(51)47-20-26(17-43)37-31-11-9-8-10-29(31)35(15-33(37)47)52-24(4)48)21-41(6,22-42)39(50)46-19-27(18-44)38-32-14-28(45-23(2)3)12-13-30(32)36(16-34(38)46)53-25(5)49/h8-16,26-27,45H,2,7,17-22H2,1,3-6H3. The van der Waals surface area contributed by atoms with E-state index in [1.54, 1.807) is 21.9 Å². The van der Waals surface area contributed by atoms with Crippen LogP contribution in [0.5, 0.6) is 11.5 Å². The molecule has 1 aliphatic carbocycles. The molecule has 2 amide bonds. The van der Waals surface area contributed by atoms with Crippen LogP contribution in [-0.2, 0) is 19.2 Å². The average Bonchev–Trinajstić information content (AvgIpc) is 3.67. The summed E-state index contributed by atoms with van der Waals surface area (Å²) in [6, 6.07) is 17.0. The lowest BCUT2D eigenvalue weighted by atomic mass is 9.51. The van der Waals surface area contributed by atoms with Gasteiger partial charge in [-0.2, -0.15) is 0 Å². The van der Waals surface area contributed by atoms with Crippen molar-refractivity contribution in [2.24, 2.45) is 10.8 Å². The first-order valence-corrected chi connectivity index (χ1v) is 19.0. The Kier molecular flexibility index (Phi) is 9.48. The summed E-state index contributed by atoms with van der Waals surface area (Å²) >= 11 is 13.1. The molecule has 3 aliphatic rings. The topological polar surface area (TPSA) is 105 Å². The highest BCUT2D eigenvalue weighted by Crippen LogP contribution is 2.60. The summed E-state index contributed by atoms with van der Waals surface area (Å²) in [7, 11) is 0. The van der Waals surface area contributed by atoms with E-state index in [-0.39, 0.29) is 29.5 Å². The van der Waals surface area contributed by atoms with Crippen LogP contribution in [-0.4, -0.2) is 48.6 Å². The molecule has 0 bridgehead atoms. The number of carbonyl (C=O) groups is 4. The predicted molar refractivity (Wildman–Crippen MR) is 211 cm³/mol. The molecule has 1 fully saturated rings. The van der Waals surface area contributed by atoms with Gasteiger partial charge in [0.1, 0.15) is 11.5 Å². The Morgan fingerprint density at radius 2 is 1.28 bits per heavy atom. The maximum Gasteiger partial charge on any atom is 0.308 e. The molecule has 4 aromatic rings. The lowest BCUT2D eigenvalue weighted by Gasteiger charge is -2.54. The molecule has 7 rings (SSSR count). The molecule has 2 heterocycles. The number of esters is 2. The molecule has 0 radical (unpaired) electrons. The predicted octanol–water partition coefficient (Wildman–Crippen LogP) is 9.02. The average molecular weight is 757 g/mol. The molecule has 53 heavy (non-hydrogen) atoms. The van der Waals surface area contributed by atoms with E-state index in [9.17, 15) is 19.2 Å². The summed E-state index contributed by atoms with van der Waals surface area (Å²) in [5.41, 5.74) is 3.17. The normalized spacial score (nSPS) is 23.0. The summed E-state index contributed by atoms with van der Waals surface area (Å²) in [6.07, 6.45) is 1.24.